The summed E-state index contributed by atoms with van der Waals surface area (Å²) in [6.07, 6.45) is -0.749. The first-order chi connectivity index (χ1) is 36.4. The molecule has 0 spiro atoms. The fourth-order valence-electron chi connectivity index (χ4n) is 7.56. The molecule has 416 valence electrons. The van der Waals surface area contributed by atoms with E-state index in [9.17, 15) is 75.5 Å². The molecule has 0 bridgehead atoms. The smallest absolute Gasteiger partial charge is 0.296 e. The van der Waals surface area contributed by atoms with E-state index in [-0.39, 0.29) is 122 Å². The van der Waals surface area contributed by atoms with Gasteiger partial charge in [-0.15, -0.1) is 38.5 Å². The van der Waals surface area contributed by atoms with E-state index in [1.54, 1.807) is 6.92 Å². The maximum absolute atomic E-state index is 12.9. The number of phenolic OH excluding ortho intramolecular Hbond substituents is 2. The lowest BCUT2D eigenvalue weighted by Gasteiger charge is -2.14. The molecule has 0 aliphatic heterocycles. The first-order valence-electron chi connectivity index (χ1n) is 22.5. The Kier molecular flexibility index (Phi) is 19.1. The maximum Gasteiger partial charge on any atom is 0.296 e. The summed E-state index contributed by atoms with van der Waals surface area (Å²) in [7, 11) is -22.0. The number of hydrogen-bond acceptors (Lipinski definition) is 20. The number of sulfone groups is 2. The van der Waals surface area contributed by atoms with Crippen LogP contribution in [0.15, 0.2) is 124 Å². The van der Waals surface area contributed by atoms with Crippen molar-refractivity contribution in [3.63, 3.8) is 0 Å². The van der Waals surface area contributed by atoms with Crippen molar-refractivity contribution in [2.24, 2.45) is 30.7 Å². The number of nitrogens with one attached hydrogen (secondary N) is 2. The molecule has 6 aromatic carbocycles. The number of aryl methyl sites for hydroxylation is 2. The standard InChI is InChI=1S/C46H46Cl2N8O17S5/c1-26-19-28-23-38(78(71,72)73)44(46(60)41(28)35(20-26)49-39(57)5-3-15-74(61,62)17-13-47)56-52-31-9-7-30(8-10-31)51-53-32-11-12-34(37(24-32)77(68,69)70)54-55-43-27(2)21-29-22-33(76(65,66)67)25-36(42(29)45(43)59)50-40(58)6-4-16-75(63,64)18-14-48/h7-12,19-25,59-60H,3-6,13-18H2,1-2H3,(H,49,57)(H,50,58)(H,65,66,67)(H,68,69,70)(H,71,72,73). The van der Waals surface area contributed by atoms with E-state index in [1.807, 2.05) is 0 Å². The molecule has 2 amide bonds. The SMILES string of the molecule is Cc1cc(NC(=O)CCCS(=O)(=O)CCCl)c2c(O)c(N=Nc3ccc(N=Nc4ccc(N=Nc5c(C)cc6cc(S(=O)(=O)O)cc(NC(=O)CCCS(=O)(=O)CCCl)c6c5O)c(S(=O)(=O)O)c4)cc3)c(S(=O)(=O)O)cc2c1. The molecule has 0 heterocycles. The average molecular weight is 1210 g/mol. The van der Waals surface area contributed by atoms with Gasteiger partial charge in [-0.25, -0.2) is 16.8 Å². The molecule has 0 saturated carbocycles. The Balaban J connectivity index is 1.24. The van der Waals surface area contributed by atoms with Gasteiger partial charge in [-0.05, 0) is 121 Å². The van der Waals surface area contributed by atoms with Crippen molar-refractivity contribution in [3.8, 4) is 11.5 Å². The first-order valence-corrected chi connectivity index (χ1v) is 31.6. The second-order valence-corrected chi connectivity index (χ2v) is 26.7. The molecule has 32 heteroatoms. The number of aromatic hydroxyl groups is 2. The predicted octanol–water partition coefficient (Wildman–Crippen LogP) is 9.75. The van der Waals surface area contributed by atoms with E-state index < -0.39 is 99.4 Å². The topological polar surface area (TPSA) is 404 Å². The number of alkyl halides is 2. The zero-order valence-corrected chi connectivity index (χ0v) is 46.3. The zero-order valence-electron chi connectivity index (χ0n) is 40.7. The highest BCUT2D eigenvalue weighted by molar-refractivity contribution is 7.91. The molecular formula is C46H46Cl2N8O17S5. The fourth-order valence-corrected chi connectivity index (χ4v) is 12.9. The molecule has 6 aromatic rings. The number of nitrogens with zero attached hydrogens (tertiary/aromatic N) is 6. The van der Waals surface area contributed by atoms with Crippen LogP contribution >= 0.6 is 23.2 Å². The highest BCUT2D eigenvalue weighted by Gasteiger charge is 2.26. The number of rotatable bonds is 23. The molecule has 0 unspecified atom stereocenters. The van der Waals surface area contributed by atoms with Gasteiger partial charge >= 0.3 is 0 Å². The second kappa shape index (κ2) is 24.6. The maximum atomic E-state index is 12.9. The van der Waals surface area contributed by atoms with Crippen molar-refractivity contribution in [1.82, 2.24) is 0 Å². The predicted molar refractivity (Wildman–Crippen MR) is 290 cm³/mol. The van der Waals surface area contributed by atoms with Gasteiger partial charge in [0.05, 0.1) is 56.3 Å². The van der Waals surface area contributed by atoms with Gasteiger partial charge in [-0.1, -0.05) is 6.07 Å². The van der Waals surface area contributed by atoms with Crippen LogP contribution in [-0.4, -0.2) is 113 Å². The number of carbonyl (C=O) groups is 2. The molecular weight excluding hydrogens is 1170 g/mol. The van der Waals surface area contributed by atoms with E-state index in [2.05, 4.69) is 41.3 Å². The van der Waals surface area contributed by atoms with Crippen molar-refractivity contribution in [3.05, 3.63) is 90.0 Å². The number of carbonyl (C=O) groups excluding carboxylic acids is 2. The lowest BCUT2D eigenvalue weighted by molar-refractivity contribution is -0.117. The Morgan fingerprint density at radius 3 is 1.47 bits per heavy atom. The molecule has 7 N–H and O–H groups in total. The van der Waals surface area contributed by atoms with Crippen LogP contribution < -0.4 is 10.6 Å². The number of phenols is 2. The van der Waals surface area contributed by atoms with Gasteiger partial charge in [-0.2, -0.15) is 40.6 Å². The highest BCUT2D eigenvalue weighted by Crippen LogP contribution is 2.46. The van der Waals surface area contributed by atoms with Crippen molar-refractivity contribution >= 4 is 152 Å². The Labute approximate surface area is 456 Å². The summed E-state index contributed by atoms with van der Waals surface area (Å²) in [6.45, 7) is 3.04. The first kappa shape index (κ1) is 60.6. The monoisotopic (exact) mass is 1210 g/mol. The summed E-state index contributed by atoms with van der Waals surface area (Å²) in [5.74, 6) is -4.38. The van der Waals surface area contributed by atoms with Crippen LogP contribution in [0.2, 0.25) is 0 Å². The normalized spacial score (nSPS) is 12.9. The van der Waals surface area contributed by atoms with Crippen molar-refractivity contribution in [2.75, 3.05) is 45.4 Å². The second-order valence-electron chi connectivity index (χ2n) is 17.1. The molecule has 0 aromatic heterocycles. The van der Waals surface area contributed by atoms with Crippen LogP contribution in [0.3, 0.4) is 0 Å². The third-order valence-corrected chi connectivity index (χ3v) is 18.0. The van der Waals surface area contributed by atoms with Crippen LogP contribution in [0.25, 0.3) is 21.5 Å². The molecule has 0 aliphatic carbocycles. The molecule has 0 radical (unpaired) electrons. The van der Waals surface area contributed by atoms with Gasteiger partial charge in [0, 0.05) is 35.4 Å². The average Bonchev–Trinajstić information content (AvgIpc) is 3.42. The third kappa shape index (κ3) is 15.8. The van der Waals surface area contributed by atoms with Crippen LogP contribution in [0.5, 0.6) is 11.5 Å². The molecule has 0 atom stereocenters. The minimum absolute atomic E-state index is 0.0114. The van der Waals surface area contributed by atoms with E-state index >= 15 is 0 Å². The summed E-state index contributed by atoms with van der Waals surface area (Å²) in [6, 6.07) is 15.8. The fraction of sp³-hybridized carbons (Fsp3) is 0.261. The molecule has 78 heavy (non-hydrogen) atoms. The van der Waals surface area contributed by atoms with E-state index in [1.165, 1.54) is 55.5 Å². The van der Waals surface area contributed by atoms with Gasteiger partial charge in [-0.3, -0.25) is 23.2 Å². The Morgan fingerprint density at radius 2 is 0.962 bits per heavy atom. The van der Waals surface area contributed by atoms with Gasteiger partial charge in [0.15, 0.2) is 31.2 Å². The molecule has 0 fully saturated rings. The van der Waals surface area contributed by atoms with E-state index in [0.717, 1.165) is 30.3 Å². The summed E-state index contributed by atoms with van der Waals surface area (Å²) in [5, 5.41) is 51.6. The van der Waals surface area contributed by atoms with Gasteiger partial charge < -0.3 is 20.8 Å². The Morgan fingerprint density at radius 1 is 0.500 bits per heavy atom. The minimum Gasteiger partial charge on any atom is -0.505 e. The summed E-state index contributed by atoms with van der Waals surface area (Å²) in [5.41, 5.74) is -1.05. The molecule has 25 nitrogen and oxygen atoms in total. The summed E-state index contributed by atoms with van der Waals surface area (Å²) < 4.78 is 153. The number of benzene rings is 6. The van der Waals surface area contributed by atoms with Gasteiger partial charge in [0.25, 0.3) is 30.4 Å². The molecule has 0 aliphatic rings. The number of amides is 2. The highest BCUT2D eigenvalue weighted by atomic mass is 35.5. The number of hydrogen-bond donors (Lipinski definition) is 7. The number of fused-ring (bicyclic) bond motifs is 2. The Bertz CT molecular complexity index is 4050. The summed E-state index contributed by atoms with van der Waals surface area (Å²) in [4.78, 5) is 23.5. The van der Waals surface area contributed by atoms with E-state index in [0.29, 0.717) is 5.56 Å². The van der Waals surface area contributed by atoms with Crippen LogP contribution in [-0.2, 0) is 59.6 Å². The third-order valence-electron chi connectivity index (χ3n) is 11.1. The summed E-state index contributed by atoms with van der Waals surface area (Å²) >= 11 is 11.1. The number of anilines is 2. The number of halogens is 2. The number of azo groups is 3. The molecule has 0 saturated heterocycles. The van der Waals surface area contributed by atoms with Gasteiger partial charge in [0.1, 0.15) is 26.9 Å². The van der Waals surface area contributed by atoms with Crippen molar-refractivity contribution in [2.45, 2.75) is 54.2 Å². The van der Waals surface area contributed by atoms with Crippen LogP contribution in [0, 0.1) is 13.8 Å². The van der Waals surface area contributed by atoms with Crippen molar-refractivity contribution in [1.29, 1.82) is 0 Å². The minimum atomic E-state index is -5.06. The largest absolute Gasteiger partial charge is 0.505 e. The zero-order chi connectivity index (χ0) is 57.5. The lowest BCUT2D eigenvalue weighted by Crippen LogP contribution is -2.16. The van der Waals surface area contributed by atoms with Crippen molar-refractivity contribution < 1.29 is 75.5 Å². The van der Waals surface area contributed by atoms with Crippen LogP contribution in [0.4, 0.5) is 45.5 Å². The van der Waals surface area contributed by atoms with Gasteiger partial charge in [0.2, 0.25) is 11.8 Å². The molecule has 6 rings (SSSR count). The van der Waals surface area contributed by atoms with Crippen LogP contribution in [0.1, 0.15) is 36.8 Å². The van der Waals surface area contributed by atoms with E-state index in [4.69, 9.17) is 23.2 Å². The lowest BCUT2D eigenvalue weighted by atomic mass is 10.0. The quantitative estimate of drug-likeness (QED) is 0.0178. The Hall–Kier alpha value is -6.61.